The van der Waals surface area contributed by atoms with Gasteiger partial charge in [0.15, 0.2) is 0 Å². The molecule has 0 radical (unpaired) electrons. The molecule has 2 rings (SSSR count). The minimum absolute atomic E-state index is 0.359. The van der Waals surface area contributed by atoms with Crippen LogP contribution in [-0.4, -0.2) is 32.1 Å². The molecule has 1 heterocycles. The second-order valence-electron chi connectivity index (χ2n) is 5.39. The van der Waals surface area contributed by atoms with Crippen LogP contribution in [0.15, 0.2) is 0 Å². The Morgan fingerprint density at radius 1 is 1.19 bits per heavy atom. The lowest BCUT2D eigenvalue weighted by Gasteiger charge is -2.36. The summed E-state index contributed by atoms with van der Waals surface area (Å²) < 4.78 is 10.7. The normalized spacial score (nSPS) is 40.9. The van der Waals surface area contributed by atoms with E-state index in [1.54, 1.807) is 0 Å². The average molecular weight is 227 g/mol. The highest BCUT2D eigenvalue weighted by Gasteiger charge is 2.27. The summed E-state index contributed by atoms with van der Waals surface area (Å²) >= 11 is 0. The summed E-state index contributed by atoms with van der Waals surface area (Å²) in [6.45, 7) is 7.08. The highest BCUT2D eigenvalue weighted by atomic mass is 16.7. The average Bonchev–Trinajstić information content (AvgIpc) is 2.32. The van der Waals surface area contributed by atoms with Crippen molar-refractivity contribution in [3.8, 4) is 0 Å². The third-order valence-electron chi connectivity index (χ3n) is 4.29. The predicted octanol–water partition coefficient (Wildman–Crippen LogP) is 2.16. The quantitative estimate of drug-likeness (QED) is 0.801. The zero-order valence-corrected chi connectivity index (χ0v) is 10.6. The Morgan fingerprint density at radius 2 is 2.06 bits per heavy atom. The molecule has 0 aromatic heterocycles. The molecular formula is C13H25NO2. The molecular weight excluding hydrogens is 202 g/mol. The molecule has 1 saturated heterocycles. The van der Waals surface area contributed by atoms with E-state index in [4.69, 9.17) is 9.47 Å². The molecule has 0 aromatic carbocycles. The van der Waals surface area contributed by atoms with Gasteiger partial charge in [0, 0.05) is 12.6 Å². The van der Waals surface area contributed by atoms with Crippen LogP contribution < -0.4 is 5.32 Å². The molecule has 3 heteroatoms. The molecule has 1 N–H and O–H groups in total. The standard InChI is InChI=1S/C13H25NO2/c1-10-4-3-5-13(11(10)2)14-8-12-6-7-15-9-16-12/h10-14H,3-9H2,1-2H3. The predicted molar refractivity (Wildman–Crippen MR) is 64.3 cm³/mol. The first kappa shape index (κ1) is 12.3. The van der Waals surface area contributed by atoms with Crippen LogP contribution in [0.4, 0.5) is 0 Å². The smallest absolute Gasteiger partial charge is 0.147 e. The van der Waals surface area contributed by atoms with Crippen molar-refractivity contribution in [1.29, 1.82) is 0 Å². The van der Waals surface area contributed by atoms with Gasteiger partial charge in [0.1, 0.15) is 6.79 Å². The lowest BCUT2D eigenvalue weighted by molar-refractivity contribution is -0.138. The Morgan fingerprint density at radius 3 is 2.81 bits per heavy atom. The molecule has 0 amide bonds. The lowest BCUT2D eigenvalue weighted by atomic mass is 9.78. The molecule has 0 bridgehead atoms. The van der Waals surface area contributed by atoms with Crippen LogP contribution in [0.1, 0.15) is 39.5 Å². The van der Waals surface area contributed by atoms with Gasteiger partial charge in [-0.3, -0.25) is 0 Å². The lowest BCUT2D eigenvalue weighted by Crippen LogP contribution is -2.45. The topological polar surface area (TPSA) is 30.5 Å². The molecule has 4 atom stereocenters. The van der Waals surface area contributed by atoms with E-state index in [1.807, 2.05) is 0 Å². The SMILES string of the molecule is CC1CCCC(NCC2CCOCO2)C1C. The molecule has 94 valence electrons. The minimum atomic E-state index is 0.359. The largest absolute Gasteiger partial charge is 0.355 e. The fourth-order valence-electron chi connectivity index (χ4n) is 2.82. The van der Waals surface area contributed by atoms with E-state index in [2.05, 4.69) is 19.2 Å². The van der Waals surface area contributed by atoms with E-state index in [0.717, 1.165) is 31.4 Å². The van der Waals surface area contributed by atoms with Crippen molar-refractivity contribution in [2.24, 2.45) is 11.8 Å². The molecule has 2 fully saturated rings. The Bertz CT molecular complexity index is 204. The number of rotatable bonds is 3. The number of hydrogen-bond donors (Lipinski definition) is 1. The Labute approximate surface area is 98.9 Å². The molecule has 1 aliphatic heterocycles. The summed E-state index contributed by atoms with van der Waals surface area (Å²) in [4.78, 5) is 0. The second-order valence-corrected chi connectivity index (χ2v) is 5.39. The van der Waals surface area contributed by atoms with Gasteiger partial charge in [-0.15, -0.1) is 0 Å². The summed E-state index contributed by atoms with van der Waals surface area (Å²) in [6, 6.07) is 0.690. The van der Waals surface area contributed by atoms with Gasteiger partial charge in [-0.25, -0.2) is 0 Å². The highest BCUT2D eigenvalue weighted by molar-refractivity contribution is 4.83. The maximum atomic E-state index is 5.55. The molecule has 0 spiro atoms. The summed E-state index contributed by atoms with van der Waals surface area (Å²) in [5.41, 5.74) is 0. The van der Waals surface area contributed by atoms with Crippen LogP contribution >= 0.6 is 0 Å². The van der Waals surface area contributed by atoms with Crippen molar-refractivity contribution in [2.75, 3.05) is 19.9 Å². The summed E-state index contributed by atoms with van der Waals surface area (Å²) in [5.74, 6) is 1.66. The van der Waals surface area contributed by atoms with Crippen LogP contribution in [0.2, 0.25) is 0 Å². The minimum Gasteiger partial charge on any atom is -0.355 e. The van der Waals surface area contributed by atoms with Crippen LogP contribution in [0.25, 0.3) is 0 Å². The molecule has 2 aliphatic rings. The van der Waals surface area contributed by atoms with Crippen LogP contribution in [0, 0.1) is 11.8 Å². The third kappa shape index (κ3) is 3.19. The van der Waals surface area contributed by atoms with Crippen molar-refractivity contribution >= 4 is 0 Å². The molecule has 3 nitrogen and oxygen atoms in total. The fraction of sp³-hybridized carbons (Fsp3) is 1.00. The van der Waals surface area contributed by atoms with Crippen LogP contribution in [0.3, 0.4) is 0 Å². The summed E-state index contributed by atoms with van der Waals surface area (Å²) in [6.07, 6.45) is 5.49. The van der Waals surface area contributed by atoms with Crippen molar-refractivity contribution in [3.05, 3.63) is 0 Å². The monoisotopic (exact) mass is 227 g/mol. The highest BCUT2D eigenvalue weighted by Crippen LogP contribution is 2.29. The maximum absolute atomic E-state index is 5.55. The molecule has 0 aromatic rings. The second kappa shape index (κ2) is 5.99. The van der Waals surface area contributed by atoms with E-state index in [-0.39, 0.29) is 0 Å². The van der Waals surface area contributed by atoms with Crippen molar-refractivity contribution < 1.29 is 9.47 Å². The maximum Gasteiger partial charge on any atom is 0.147 e. The Kier molecular flexibility index (Phi) is 4.62. The zero-order valence-electron chi connectivity index (χ0n) is 10.6. The van der Waals surface area contributed by atoms with Gasteiger partial charge in [-0.05, 0) is 24.7 Å². The summed E-state index contributed by atoms with van der Waals surface area (Å²) in [5, 5.41) is 3.69. The first-order valence-electron chi connectivity index (χ1n) is 6.70. The van der Waals surface area contributed by atoms with Crippen LogP contribution in [-0.2, 0) is 9.47 Å². The van der Waals surface area contributed by atoms with Gasteiger partial charge in [0.25, 0.3) is 0 Å². The number of nitrogens with one attached hydrogen (secondary N) is 1. The van der Waals surface area contributed by atoms with Gasteiger partial charge < -0.3 is 14.8 Å². The van der Waals surface area contributed by atoms with E-state index < -0.39 is 0 Å². The van der Waals surface area contributed by atoms with E-state index in [0.29, 0.717) is 18.9 Å². The van der Waals surface area contributed by atoms with Crippen molar-refractivity contribution in [3.63, 3.8) is 0 Å². The molecule has 1 aliphatic carbocycles. The number of hydrogen-bond acceptors (Lipinski definition) is 3. The fourth-order valence-corrected chi connectivity index (χ4v) is 2.82. The first-order chi connectivity index (χ1) is 7.77. The first-order valence-corrected chi connectivity index (χ1v) is 6.70. The molecule has 16 heavy (non-hydrogen) atoms. The van der Waals surface area contributed by atoms with Crippen molar-refractivity contribution in [2.45, 2.75) is 51.7 Å². The van der Waals surface area contributed by atoms with Crippen LogP contribution in [0.5, 0.6) is 0 Å². The molecule has 4 unspecified atom stereocenters. The summed E-state index contributed by atoms with van der Waals surface area (Å²) in [7, 11) is 0. The third-order valence-corrected chi connectivity index (χ3v) is 4.29. The van der Waals surface area contributed by atoms with Gasteiger partial charge in [0.05, 0.1) is 12.7 Å². The van der Waals surface area contributed by atoms with E-state index >= 15 is 0 Å². The van der Waals surface area contributed by atoms with Gasteiger partial charge in [-0.1, -0.05) is 26.7 Å². The van der Waals surface area contributed by atoms with E-state index in [1.165, 1.54) is 19.3 Å². The van der Waals surface area contributed by atoms with Gasteiger partial charge in [-0.2, -0.15) is 0 Å². The van der Waals surface area contributed by atoms with E-state index in [9.17, 15) is 0 Å². The molecule has 1 saturated carbocycles. The Balaban J connectivity index is 1.71. The van der Waals surface area contributed by atoms with Crippen molar-refractivity contribution in [1.82, 2.24) is 5.32 Å². The Hall–Kier alpha value is -0.120. The van der Waals surface area contributed by atoms with Gasteiger partial charge >= 0.3 is 0 Å². The number of ether oxygens (including phenoxy) is 2. The van der Waals surface area contributed by atoms with Gasteiger partial charge in [0.2, 0.25) is 0 Å². The zero-order chi connectivity index (χ0) is 11.4.